The Hall–Kier alpha value is -4.59. The average Bonchev–Trinajstić information content (AvgIpc) is 3.61. The van der Waals surface area contributed by atoms with E-state index in [0.29, 0.717) is 22.8 Å². The van der Waals surface area contributed by atoms with Crippen molar-refractivity contribution in [3.8, 4) is 29.0 Å². The van der Waals surface area contributed by atoms with Gasteiger partial charge in [-0.1, -0.05) is 18.9 Å². The normalized spacial score (nSPS) is 13.9. The molecule has 4 aromatic rings. The molecule has 2 aromatic heterocycles. The summed E-state index contributed by atoms with van der Waals surface area (Å²) < 4.78 is 46.2. The van der Waals surface area contributed by atoms with Crippen molar-refractivity contribution in [1.82, 2.24) is 19.0 Å². The highest BCUT2D eigenvalue weighted by Gasteiger charge is 2.35. The molecule has 200 valence electrons. The van der Waals surface area contributed by atoms with E-state index >= 15 is 0 Å². The first-order chi connectivity index (χ1) is 18.6. The highest BCUT2D eigenvalue weighted by Crippen LogP contribution is 2.31. The smallest absolute Gasteiger partial charge is 0.335 e. The largest absolute Gasteiger partial charge is 0.416 e. The third-order valence-electron chi connectivity index (χ3n) is 7.09. The zero-order chi connectivity index (χ0) is 27.9. The van der Waals surface area contributed by atoms with Gasteiger partial charge in [-0.15, -0.1) is 0 Å². The van der Waals surface area contributed by atoms with Crippen molar-refractivity contribution in [1.29, 1.82) is 5.26 Å². The Labute approximate surface area is 222 Å². The van der Waals surface area contributed by atoms with Crippen molar-refractivity contribution in [2.45, 2.75) is 44.8 Å². The number of aryl methyl sites for hydroxylation is 1. The van der Waals surface area contributed by atoms with Crippen LogP contribution in [0.5, 0.6) is 0 Å². The Morgan fingerprint density at radius 2 is 1.79 bits per heavy atom. The third-order valence-corrected chi connectivity index (χ3v) is 7.09. The maximum atomic E-state index is 13.9. The van der Waals surface area contributed by atoms with Gasteiger partial charge in [0.25, 0.3) is 0 Å². The summed E-state index contributed by atoms with van der Waals surface area (Å²) in [5.74, 6) is 0.460. The predicted molar refractivity (Wildman–Crippen MR) is 137 cm³/mol. The summed E-state index contributed by atoms with van der Waals surface area (Å²) in [7, 11) is 1.75. The van der Waals surface area contributed by atoms with E-state index in [4.69, 9.17) is 0 Å². The second kappa shape index (κ2) is 9.94. The molecule has 0 saturated heterocycles. The van der Waals surface area contributed by atoms with E-state index in [2.05, 4.69) is 11.4 Å². The lowest BCUT2D eigenvalue weighted by molar-refractivity contribution is -0.659. The number of hydrogen-bond donors (Lipinski definition) is 1. The summed E-state index contributed by atoms with van der Waals surface area (Å²) in [5.41, 5.74) is 0.00461. The number of nitriles is 1. The van der Waals surface area contributed by atoms with Crippen molar-refractivity contribution in [2.24, 2.45) is 7.05 Å². The zero-order valence-electron chi connectivity index (χ0n) is 21.4. The SMILES string of the molecule is Cc1c(-c2n(-c3ccc(C#N)cc3)cc[n+]2C)n(C(=O)NC2CCCC2)c(=O)n1-c1cccc(C(F)(F)F)c1. The predicted octanol–water partition coefficient (Wildman–Crippen LogP) is 4.62. The number of rotatable bonds is 4. The molecule has 0 spiro atoms. The first kappa shape index (κ1) is 26.0. The third kappa shape index (κ3) is 4.74. The van der Waals surface area contributed by atoms with Gasteiger partial charge in [0.15, 0.2) is 5.69 Å². The molecule has 1 aliphatic carbocycles. The quantitative estimate of drug-likeness (QED) is 0.387. The molecule has 0 bridgehead atoms. The molecule has 11 heteroatoms. The van der Waals surface area contributed by atoms with E-state index in [1.807, 2.05) is 0 Å². The van der Waals surface area contributed by atoms with Gasteiger partial charge < -0.3 is 5.32 Å². The number of amides is 1. The van der Waals surface area contributed by atoms with E-state index in [1.54, 1.807) is 59.8 Å². The van der Waals surface area contributed by atoms with Crippen LogP contribution in [-0.4, -0.2) is 25.8 Å². The highest BCUT2D eigenvalue weighted by atomic mass is 19.4. The monoisotopic (exact) mass is 535 g/mol. The van der Waals surface area contributed by atoms with Crippen LogP contribution in [-0.2, 0) is 13.2 Å². The number of aromatic nitrogens is 4. The lowest BCUT2D eigenvalue weighted by Gasteiger charge is -2.13. The summed E-state index contributed by atoms with van der Waals surface area (Å²) in [6.45, 7) is 1.60. The van der Waals surface area contributed by atoms with Gasteiger partial charge in [-0.05, 0) is 62.2 Å². The fraction of sp³-hybridized carbons (Fsp3) is 0.286. The molecule has 0 radical (unpaired) electrons. The maximum absolute atomic E-state index is 13.9. The van der Waals surface area contributed by atoms with E-state index in [9.17, 15) is 28.0 Å². The summed E-state index contributed by atoms with van der Waals surface area (Å²) in [5, 5.41) is 12.1. The van der Waals surface area contributed by atoms with Crippen LogP contribution in [0.4, 0.5) is 18.0 Å². The lowest BCUT2D eigenvalue weighted by atomic mass is 10.2. The van der Waals surface area contributed by atoms with Gasteiger partial charge in [-0.2, -0.15) is 23.0 Å². The van der Waals surface area contributed by atoms with Crippen LogP contribution in [0.15, 0.2) is 65.7 Å². The number of carbonyl (C=O) groups excluding carboxylic acids is 1. The van der Waals surface area contributed by atoms with Gasteiger partial charge in [0.2, 0.25) is 0 Å². The second-order valence-corrected chi connectivity index (χ2v) is 9.63. The number of carbonyl (C=O) groups is 1. The first-order valence-corrected chi connectivity index (χ1v) is 12.5. The van der Waals surface area contributed by atoms with Crippen LogP contribution in [0.1, 0.15) is 42.5 Å². The Morgan fingerprint density at radius 3 is 2.44 bits per heavy atom. The van der Waals surface area contributed by atoms with Crippen LogP contribution in [0.25, 0.3) is 22.9 Å². The van der Waals surface area contributed by atoms with Crippen molar-refractivity contribution in [2.75, 3.05) is 0 Å². The first-order valence-electron chi connectivity index (χ1n) is 12.5. The number of nitrogens with zero attached hydrogens (tertiary/aromatic N) is 5. The van der Waals surface area contributed by atoms with Crippen LogP contribution in [0, 0.1) is 18.3 Å². The van der Waals surface area contributed by atoms with Gasteiger partial charge >= 0.3 is 23.7 Å². The summed E-state index contributed by atoms with van der Waals surface area (Å²) >= 11 is 0. The maximum Gasteiger partial charge on any atom is 0.416 e. The molecule has 1 amide bonds. The lowest BCUT2D eigenvalue weighted by Crippen LogP contribution is -2.42. The number of benzene rings is 2. The molecule has 0 aliphatic heterocycles. The topological polar surface area (TPSA) is 88.6 Å². The Kier molecular flexibility index (Phi) is 6.64. The van der Waals surface area contributed by atoms with Crippen LogP contribution >= 0.6 is 0 Å². The number of nitrogens with one attached hydrogen (secondary N) is 1. The second-order valence-electron chi connectivity index (χ2n) is 9.63. The minimum absolute atomic E-state index is 0.000115. The van der Waals surface area contributed by atoms with Gasteiger partial charge in [-0.25, -0.2) is 18.7 Å². The van der Waals surface area contributed by atoms with Gasteiger partial charge in [-0.3, -0.25) is 4.57 Å². The Bertz CT molecular complexity index is 1650. The van der Waals surface area contributed by atoms with Crippen LogP contribution < -0.4 is 15.6 Å². The average molecular weight is 536 g/mol. The minimum Gasteiger partial charge on any atom is -0.335 e. The van der Waals surface area contributed by atoms with Crippen molar-refractivity contribution in [3.05, 3.63) is 88.2 Å². The summed E-state index contributed by atoms with van der Waals surface area (Å²) in [6.07, 6.45) is 2.41. The summed E-state index contributed by atoms with van der Waals surface area (Å²) in [4.78, 5) is 27.5. The molecule has 1 N–H and O–H groups in total. The molecule has 1 aliphatic rings. The molecular formula is C28H26F3N6O2+. The van der Waals surface area contributed by atoms with E-state index in [-0.39, 0.29) is 17.4 Å². The van der Waals surface area contributed by atoms with E-state index in [0.717, 1.165) is 47.0 Å². The molecule has 2 heterocycles. The van der Waals surface area contributed by atoms with Crippen molar-refractivity contribution in [3.63, 3.8) is 0 Å². The van der Waals surface area contributed by atoms with Crippen molar-refractivity contribution >= 4 is 6.03 Å². The standard InChI is InChI=1S/C28H25F3N6O2/c1-18-24(25-34(2)14-15-35(25)22-12-10-19(17-32)11-13-22)37(26(38)33-21-7-3-4-8-21)27(39)36(18)23-9-5-6-20(16-23)28(29,30)31/h5-6,9-16,21H,3-4,7-8H2,1-2H3/p+1. The molecule has 8 nitrogen and oxygen atoms in total. The van der Waals surface area contributed by atoms with Crippen LogP contribution in [0.2, 0.25) is 0 Å². The molecule has 2 aromatic carbocycles. The fourth-order valence-electron chi connectivity index (χ4n) is 5.16. The Morgan fingerprint density at radius 1 is 1.10 bits per heavy atom. The van der Waals surface area contributed by atoms with Gasteiger partial charge in [0.1, 0.15) is 18.1 Å². The molecule has 0 atom stereocenters. The molecule has 0 unspecified atom stereocenters. The molecule has 5 rings (SSSR count). The van der Waals surface area contributed by atoms with E-state index in [1.165, 1.54) is 12.1 Å². The van der Waals surface area contributed by atoms with E-state index < -0.39 is 23.5 Å². The molecular weight excluding hydrogens is 509 g/mol. The number of imidazole rings is 2. The Balaban J connectivity index is 1.75. The molecule has 39 heavy (non-hydrogen) atoms. The zero-order valence-corrected chi connectivity index (χ0v) is 21.4. The number of hydrogen-bond acceptors (Lipinski definition) is 3. The van der Waals surface area contributed by atoms with Gasteiger partial charge in [0.05, 0.1) is 35.6 Å². The fourth-order valence-corrected chi connectivity index (χ4v) is 5.16. The molecule has 1 fully saturated rings. The summed E-state index contributed by atoms with van der Waals surface area (Å²) in [6, 6.07) is 12.6. The van der Waals surface area contributed by atoms with Crippen LogP contribution in [0.3, 0.4) is 0 Å². The molecule has 1 saturated carbocycles. The van der Waals surface area contributed by atoms with Gasteiger partial charge in [0, 0.05) is 6.04 Å². The highest BCUT2D eigenvalue weighted by molar-refractivity contribution is 5.82. The number of alkyl halides is 3. The van der Waals surface area contributed by atoms with Crippen molar-refractivity contribution < 1.29 is 22.5 Å². The number of halogens is 3. The minimum atomic E-state index is -4.60.